The van der Waals surface area contributed by atoms with Gasteiger partial charge in [0.15, 0.2) is 0 Å². The van der Waals surface area contributed by atoms with Gasteiger partial charge in [0.05, 0.1) is 0 Å². The molecule has 1 aromatic carbocycles. The number of likely N-dealkylation sites (tertiary alicyclic amines) is 1. The average molecular weight is 308 g/mol. The van der Waals surface area contributed by atoms with Crippen molar-refractivity contribution in [2.24, 2.45) is 11.7 Å². The van der Waals surface area contributed by atoms with Crippen molar-refractivity contribution < 1.29 is 4.79 Å². The number of benzene rings is 1. The first-order valence-corrected chi connectivity index (χ1v) is 8.04. The van der Waals surface area contributed by atoms with E-state index in [1.54, 1.807) is 0 Å². The number of nitrogens with zero attached hydrogens (tertiary/aromatic N) is 1. The highest BCUT2D eigenvalue weighted by Gasteiger charge is 2.35. The van der Waals surface area contributed by atoms with Gasteiger partial charge in [0.2, 0.25) is 5.91 Å². The van der Waals surface area contributed by atoms with Crippen molar-refractivity contribution in [3.63, 3.8) is 0 Å². The Bertz CT molecular complexity index is 522. The summed E-state index contributed by atoms with van der Waals surface area (Å²) >= 11 is 6.10. The lowest BCUT2D eigenvalue weighted by molar-refractivity contribution is -0.125. The van der Waals surface area contributed by atoms with Gasteiger partial charge in [-0.15, -0.1) is 0 Å². The number of carbonyl (C=O) groups is 1. The Kier molecular flexibility index (Phi) is 4.48. The molecule has 114 valence electrons. The number of hydrogen-bond donors (Lipinski definition) is 2. The molecule has 2 aliphatic heterocycles. The van der Waals surface area contributed by atoms with Gasteiger partial charge in [0.25, 0.3) is 0 Å². The topological polar surface area (TPSA) is 58.4 Å². The van der Waals surface area contributed by atoms with Crippen LogP contribution in [0, 0.1) is 5.92 Å². The minimum atomic E-state index is 0.204. The summed E-state index contributed by atoms with van der Waals surface area (Å²) in [6.45, 7) is 2.55. The van der Waals surface area contributed by atoms with Crippen LogP contribution in [0.4, 0.5) is 0 Å². The zero-order valence-electron chi connectivity index (χ0n) is 12.1. The minimum absolute atomic E-state index is 0.204. The van der Waals surface area contributed by atoms with E-state index >= 15 is 0 Å². The van der Waals surface area contributed by atoms with Crippen molar-refractivity contribution in [3.05, 3.63) is 34.9 Å². The minimum Gasteiger partial charge on any atom is -0.353 e. The molecule has 0 spiro atoms. The summed E-state index contributed by atoms with van der Waals surface area (Å²) in [5.74, 6) is 0.750. The molecule has 2 heterocycles. The Morgan fingerprint density at radius 2 is 2.29 bits per heavy atom. The highest BCUT2D eigenvalue weighted by atomic mass is 35.5. The van der Waals surface area contributed by atoms with Crippen LogP contribution in [0.3, 0.4) is 0 Å². The molecule has 0 saturated carbocycles. The van der Waals surface area contributed by atoms with E-state index < -0.39 is 0 Å². The summed E-state index contributed by atoms with van der Waals surface area (Å²) in [5, 5.41) is 3.88. The Morgan fingerprint density at radius 3 is 3.05 bits per heavy atom. The largest absolute Gasteiger partial charge is 0.353 e. The quantitative estimate of drug-likeness (QED) is 0.897. The van der Waals surface area contributed by atoms with Crippen LogP contribution in [0.15, 0.2) is 24.3 Å². The van der Waals surface area contributed by atoms with Crippen LogP contribution in [0.5, 0.6) is 0 Å². The number of nitrogens with two attached hydrogens (primary N) is 1. The van der Waals surface area contributed by atoms with Crippen molar-refractivity contribution >= 4 is 17.5 Å². The lowest BCUT2D eigenvalue weighted by Gasteiger charge is -2.44. The van der Waals surface area contributed by atoms with Crippen LogP contribution in [-0.4, -0.2) is 36.5 Å². The van der Waals surface area contributed by atoms with E-state index in [0.29, 0.717) is 24.9 Å². The summed E-state index contributed by atoms with van der Waals surface area (Å²) in [7, 11) is 0. The fourth-order valence-corrected chi connectivity index (χ4v) is 3.83. The summed E-state index contributed by atoms with van der Waals surface area (Å²) in [5.41, 5.74) is 7.20. The molecule has 2 aliphatic rings. The number of halogens is 1. The molecule has 4 nitrogen and oxygen atoms in total. The first kappa shape index (κ1) is 14.8. The predicted molar refractivity (Wildman–Crippen MR) is 84.1 cm³/mol. The summed E-state index contributed by atoms with van der Waals surface area (Å²) in [4.78, 5) is 13.9. The first-order chi connectivity index (χ1) is 10.2. The van der Waals surface area contributed by atoms with Gasteiger partial charge in [0.1, 0.15) is 0 Å². The molecular formula is C16H22ClN3O. The Labute approximate surface area is 130 Å². The smallest absolute Gasteiger partial charge is 0.220 e. The normalized spacial score (nSPS) is 27.8. The van der Waals surface area contributed by atoms with E-state index in [9.17, 15) is 4.79 Å². The predicted octanol–water partition coefficient (Wildman–Crippen LogP) is 1.94. The Hall–Kier alpha value is -1.10. The van der Waals surface area contributed by atoms with Gasteiger partial charge in [-0.1, -0.05) is 23.7 Å². The van der Waals surface area contributed by atoms with Gasteiger partial charge in [-0.05, 0) is 36.5 Å². The molecule has 3 N–H and O–H groups in total. The SMILES string of the molecule is NCC(c1cccc(Cl)c1)N1CCC2NC(=O)CCC2C1. The van der Waals surface area contributed by atoms with Crippen molar-refractivity contribution in [3.8, 4) is 0 Å². The Morgan fingerprint density at radius 1 is 1.43 bits per heavy atom. The fourth-order valence-electron chi connectivity index (χ4n) is 3.63. The van der Waals surface area contributed by atoms with Crippen molar-refractivity contribution in [2.75, 3.05) is 19.6 Å². The molecule has 2 saturated heterocycles. The van der Waals surface area contributed by atoms with E-state index in [2.05, 4.69) is 16.3 Å². The van der Waals surface area contributed by atoms with E-state index in [-0.39, 0.29) is 11.9 Å². The Balaban J connectivity index is 1.72. The summed E-state index contributed by atoms with van der Waals surface area (Å²) in [6.07, 6.45) is 2.65. The van der Waals surface area contributed by atoms with Crippen molar-refractivity contribution in [2.45, 2.75) is 31.3 Å². The molecule has 0 radical (unpaired) electrons. The molecule has 3 rings (SSSR count). The maximum absolute atomic E-state index is 11.5. The molecule has 3 unspecified atom stereocenters. The van der Waals surface area contributed by atoms with Crippen molar-refractivity contribution in [1.29, 1.82) is 0 Å². The van der Waals surface area contributed by atoms with Crippen molar-refractivity contribution in [1.82, 2.24) is 10.2 Å². The molecule has 2 fully saturated rings. The zero-order valence-corrected chi connectivity index (χ0v) is 12.9. The molecule has 3 atom stereocenters. The fraction of sp³-hybridized carbons (Fsp3) is 0.562. The summed E-state index contributed by atoms with van der Waals surface area (Å²) < 4.78 is 0. The molecule has 0 aromatic heterocycles. The van der Waals surface area contributed by atoms with Crippen LogP contribution < -0.4 is 11.1 Å². The van der Waals surface area contributed by atoms with E-state index in [1.807, 2.05) is 18.2 Å². The monoisotopic (exact) mass is 307 g/mol. The maximum Gasteiger partial charge on any atom is 0.220 e. The zero-order chi connectivity index (χ0) is 14.8. The van der Waals surface area contributed by atoms with Gasteiger partial charge < -0.3 is 11.1 Å². The number of fused-ring (bicyclic) bond motifs is 1. The number of nitrogens with one attached hydrogen (secondary N) is 1. The van der Waals surface area contributed by atoms with Gasteiger partial charge in [-0.25, -0.2) is 0 Å². The second-order valence-electron chi connectivity index (χ2n) is 6.06. The third-order valence-electron chi connectivity index (χ3n) is 4.75. The third-order valence-corrected chi connectivity index (χ3v) is 4.99. The molecular weight excluding hydrogens is 286 g/mol. The van der Waals surface area contributed by atoms with E-state index in [0.717, 1.165) is 31.0 Å². The molecule has 0 bridgehead atoms. The van der Waals surface area contributed by atoms with Crippen LogP contribution in [0.25, 0.3) is 0 Å². The lowest BCUT2D eigenvalue weighted by Crippen LogP contribution is -2.55. The molecule has 0 aliphatic carbocycles. The number of amides is 1. The van der Waals surface area contributed by atoms with Gasteiger partial charge in [-0.3, -0.25) is 9.69 Å². The second-order valence-corrected chi connectivity index (χ2v) is 6.50. The first-order valence-electron chi connectivity index (χ1n) is 7.66. The van der Waals surface area contributed by atoms with E-state index in [4.69, 9.17) is 17.3 Å². The lowest BCUT2D eigenvalue weighted by atomic mass is 9.84. The van der Waals surface area contributed by atoms with Gasteiger partial charge >= 0.3 is 0 Å². The number of rotatable bonds is 3. The van der Waals surface area contributed by atoms with Crippen LogP contribution in [-0.2, 0) is 4.79 Å². The van der Waals surface area contributed by atoms with Crippen LogP contribution in [0.2, 0.25) is 5.02 Å². The van der Waals surface area contributed by atoms with Gasteiger partial charge in [-0.2, -0.15) is 0 Å². The van der Waals surface area contributed by atoms with E-state index in [1.165, 1.54) is 5.56 Å². The van der Waals surface area contributed by atoms with Crippen LogP contribution in [0.1, 0.15) is 30.9 Å². The highest BCUT2D eigenvalue weighted by Crippen LogP contribution is 2.31. The highest BCUT2D eigenvalue weighted by molar-refractivity contribution is 6.30. The molecule has 21 heavy (non-hydrogen) atoms. The van der Waals surface area contributed by atoms with Gasteiger partial charge in [0, 0.05) is 43.2 Å². The standard InChI is InChI=1S/C16H22ClN3O/c17-13-3-1-2-11(8-13)15(9-18)20-7-6-14-12(10-20)4-5-16(21)19-14/h1-3,8,12,14-15H,4-7,9-10,18H2,(H,19,21). The third kappa shape index (κ3) is 3.23. The molecule has 1 aromatic rings. The molecule has 1 amide bonds. The second kappa shape index (κ2) is 6.34. The number of piperidine rings is 2. The average Bonchev–Trinajstić information content (AvgIpc) is 2.48. The molecule has 5 heteroatoms. The van der Waals surface area contributed by atoms with Crippen LogP contribution >= 0.6 is 11.6 Å². The summed E-state index contributed by atoms with van der Waals surface area (Å²) in [6, 6.07) is 8.53. The number of hydrogen-bond acceptors (Lipinski definition) is 3. The maximum atomic E-state index is 11.5. The number of carbonyl (C=O) groups excluding carboxylic acids is 1.